The molecule has 2 aromatic rings. The molecule has 0 aliphatic heterocycles. The molecule has 0 saturated carbocycles. The lowest BCUT2D eigenvalue weighted by Gasteiger charge is -2.11. The van der Waals surface area contributed by atoms with Crippen molar-refractivity contribution in [3.63, 3.8) is 0 Å². The van der Waals surface area contributed by atoms with Gasteiger partial charge in [0, 0.05) is 11.6 Å². The van der Waals surface area contributed by atoms with Crippen molar-refractivity contribution >= 4 is 5.97 Å². The number of hydrogen-bond donors (Lipinski definition) is 3. The summed E-state index contributed by atoms with van der Waals surface area (Å²) >= 11 is 0. The van der Waals surface area contributed by atoms with E-state index in [0.29, 0.717) is 6.07 Å². The van der Waals surface area contributed by atoms with Gasteiger partial charge in [0.25, 0.3) is 0 Å². The number of aliphatic hydroxyl groups is 1. The third-order valence-corrected chi connectivity index (χ3v) is 2.40. The average Bonchev–Trinajstić information content (AvgIpc) is 2.77. The van der Waals surface area contributed by atoms with Gasteiger partial charge >= 0.3 is 5.97 Å². The fourth-order valence-electron chi connectivity index (χ4n) is 1.56. The topological polar surface area (TPSA) is 86.2 Å². The SMILES string of the molecule is O=C(O)c1nc[nH]c1C(O)c1ccc(F)cc1F. The van der Waals surface area contributed by atoms with Crippen molar-refractivity contribution < 1.29 is 23.8 Å². The molecule has 18 heavy (non-hydrogen) atoms. The molecule has 3 N–H and O–H groups in total. The van der Waals surface area contributed by atoms with E-state index in [9.17, 15) is 18.7 Å². The maximum Gasteiger partial charge on any atom is 0.356 e. The predicted molar refractivity (Wildman–Crippen MR) is 56.0 cm³/mol. The van der Waals surface area contributed by atoms with Gasteiger partial charge < -0.3 is 15.2 Å². The van der Waals surface area contributed by atoms with Crippen molar-refractivity contribution in [2.45, 2.75) is 6.10 Å². The Morgan fingerprint density at radius 2 is 2.11 bits per heavy atom. The van der Waals surface area contributed by atoms with Crippen LogP contribution in [0.4, 0.5) is 8.78 Å². The molecular formula is C11H8F2N2O3. The van der Waals surface area contributed by atoms with Crippen LogP contribution in [0.25, 0.3) is 0 Å². The van der Waals surface area contributed by atoms with Gasteiger partial charge in [-0.15, -0.1) is 0 Å². The average molecular weight is 254 g/mol. The molecule has 0 amide bonds. The third kappa shape index (κ3) is 2.07. The summed E-state index contributed by atoms with van der Waals surface area (Å²) in [6.45, 7) is 0. The Labute approximate surface area is 99.7 Å². The summed E-state index contributed by atoms with van der Waals surface area (Å²) in [5, 5.41) is 18.7. The second-order valence-electron chi connectivity index (χ2n) is 3.54. The lowest BCUT2D eigenvalue weighted by Crippen LogP contribution is -2.09. The number of carboxylic acid groups (broad SMARTS) is 1. The van der Waals surface area contributed by atoms with Gasteiger partial charge in [-0.2, -0.15) is 0 Å². The number of benzene rings is 1. The van der Waals surface area contributed by atoms with Crippen molar-refractivity contribution in [2.75, 3.05) is 0 Å². The first-order chi connectivity index (χ1) is 8.50. The Hall–Kier alpha value is -2.28. The number of aliphatic hydroxyl groups excluding tert-OH is 1. The smallest absolute Gasteiger partial charge is 0.356 e. The highest BCUT2D eigenvalue weighted by atomic mass is 19.1. The molecule has 1 aromatic heterocycles. The molecule has 7 heteroatoms. The van der Waals surface area contributed by atoms with E-state index in [0.717, 1.165) is 18.5 Å². The molecule has 94 valence electrons. The van der Waals surface area contributed by atoms with E-state index in [4.69, 9.17) is 5.11 Å². The maximum absolute atomic E-state index is 13.4. The van der Waals surface area contributed by atoms with Crippen LogP contribution in [0.15, 0.2) is 24.5 Å². The number of aromatic carboxylic acids is 1. The number of aromatic nitrogens is 2. The number of halogens is 2. The van der Waals surface area contributed by atoms with Gasteiger partial charge in [0.05, 0.1) is 12.0 Å². The normalized spacial score (nSPS) is 12.4. The Morgan fingerprint density at radius 1 is 1.39 bits per heavy atom. The first-order valence-corrected chi connectivity index (χ1v) is 4.90. The number of H-pyrrole nitrogens is 1. The highest BCUT2D eigenvalue weighted by molar-refractivity contribution is 5.86. The van der Waals surface area contributed by atoms with E-state index in [1.165, 1.54) is 0 Å². The number of carbonyl (C=O) groups is 1. The van der Waals surface area contributed by atoms with E-state index >= 15 is 0 Å². The highest BCUT2D eigenvalue weighted by Crippen LogP contribution is 2.25. The van der Waals surface area contributed by atoms with Gasteiger partial charge in [0.15, 0.2) is 5.69 Å². The van der Waals surface area contributed by atoms with Crippen LogP contribution in [0, 0.1) is 11.6 Å². The first-order valence-electron chi connectivity index (χ1n) is 4.90. The maximum atomic E-state index is 13.4. The number of nitrogens with one attached hydrogen (secondary N) is 1. The largest absolute Gasteiger partial charge is 0.476 e. The van der Waals surface area contributed by atoms with Crippen molar-refractivity contribution in [1.29, 1.82) is 0 Å². The molecule has 0 aliphatic rings. The second-order valence-corrected chi connectivity index (χ2v) is 3.54. The minimum Gasteiger partial charge on any atom is -0.476 e. The summed E-state index contributed by atoms with van der Waals surface area (Å²) in [6.07, 6.45) is -0.483. The molecular weight excluding hydrogens is 246 g/mol. The molecule has 0 spiro atoms. The summed E-state index contributed by atoms with van der Waals surface area (Å²) < 4.78 is 26.2. The highest BCUT2D eigenvalue weighted by Gasteiger charge is 2.23. The minimum atomic E-state index is -1.56. The van der Waals surface area contributed by atoms with E-state index in [1.807, 2.05) is 0 Å². The number of carboxylic acids is 1. The minimum absolute atomic E-state index is 0.159. The third-order valence-electron chi connectivity index (χ3n) is 2.40. The Morgan fingerprint density at radius 3 is 2.72 bits per heavy atom. The molecule has 1 atom stereocenters. The zero-order valence-corrected chi connectivity index (χ0v) is 8.89. The fourth-order valence-corrected chi connectivity index (χ4v) is 1.56. The molecule has 0 saturated heterocycles. The number of nitrogens with zero attached hydrogens (tertiary/aromatic N) is 1. The monoisotopic (exact) mass is 254 g/mol. The Kier molecular flexibility index (Phi) is 3.07. The van der Waals surface area contributed by atoms with Crippen molar-refractivity contribution in [3.8, 4) is 0 Å². The van der Waals surface area contributed by atoms with E-state index in [2.05, 4.69) is 9.97 Å². The predicted octanol–water partition coefficient (Wildman–Crippen LogP) is 1.47. The van der Waals surface area contributed by atoms with E-state index in [-0.39, 0.29) is 11.3 Å². The molecule has 0 fully saturated rings. The molecule has 0 radical (unpaired) electrons. The molecule has 0 bridgehead atoms. The molecule has 0 aliphatic carbocycles. The van der Waals surface area contributed by atoms with Gasteiger partial charge in [-0.3, -0.25) is 0 Å². The zero-order valence-electron chi connectivity index (χ0n) is 8.89. The van der Waals surface area contributed by atoms with Crippen LogP contribution in [0.5, 0.6) is 0 Å². The summed E-state index contributed by atoms with van der Waals surface area (Å²) in [4.78, 5) is 16.7. The summed E-state index contributed by atoms with van der Waals surface area (Å²) in [5.74, 6) is -3.10. The fraction of sp³-hybridized carbons (Fsp3) is 0.0909. The summed E-state index contributed by atoms with van der Waals surface area (Å²) in [7, 11) is 0. The van der Waals surface area contributed by atoms with Crippen LogP contribution < -0.4 is 0 Å². The number of rotatable bonds is 3. The van der Waals surface area contributed by atoms with Gasteiger partial charge in [0.2, 0.25) is 0 Å². The van der Waals surface area contributed by atoms with Crippen LogP contribution in [-0.4, -0.2) is 26.2 Å². The van der Waals surface area contributed by atoms with Crippen LogP contribution in [0.2, 0.25) is 0 Å². The Bertz CT molecular complexity index is 598. The van der Waals surface area contributed by atoms with Crippen LogP contribution in [-0.2, 0) is 0 Å². The summed E-state index contributed by atoms with van der Waals surface area (Å²) in [5.41, 5.74) is -0.803. The summed E-state index contributed by atoms with van der Waals surface area (Å²) in [6, 6.07) is 2.62. The molecule has 1 aromatic carbocycles. The van der Waals surface area contributed by atoms with E-state index < -0.39 is 29.4 Å². The van der Waals surface area contributed by atoms with Gasteiger partial charge in [-0.05, 0) is 6.07 Å². The molecule has 1 unspecified atom stereocenters. The van der Waals surface area contributed by atoms with Crippen molar-refractivity contribution in [3.05, 3.63) is 53.1 Å². The van der Waals surface area contributed by atoms with Crippen molar-refractivity contribution in [2.24, 2.45) is 0 Å². The van der Waals surface area contributed by atoms with Gasteiger partial charge in [0.1, 0.15) is 17.7 Å². The molecule has 1 heterocycles. The number of imidazole rings is 1. The lowest BCUT2D eigenvalue weighted by atomic mass is 10.0. The van der Waals surface area contributed by atoms with Crippen LogP contribution >= 0.6 is 0 Å². The van der Waals surface area contributed by atoms with Crippen molar-refractivity contribution in [1.82, 2.24) is 9.97 Å². The van der Waals surface area contributed by atoms with Gasteiger partial charge in [-0.25, -0.2) is 18.6 Å². The van der Waals surface area contributed by atoms with Crippen LogP contribution in [0.3, 0.4) is 0 Å². The quantitative estimate of drug-likeness (QED) is 0.774. The standard InChI is InChI=1S/C11H8F2N2O3/c12-5-1-2-6(7(13)3-5)10(16)8-9(11(17)18)15-4-14-8/h1-4,10,16H,(H,14,15)(H,17,18). The number of hydrogen-bond acceptors (Lipinski definition) is 3. The second kappa shape index (κ2) is 4.53. The lowest BCUT2D eigenvalue weighted by molar-refractivity contribution is 0.0685. The van der Waals surface area contributed by atoms with Gasteiger partial charge in [-0.1, -0.05) is 6.07 Å². The molecule has 2 rings (SSSR count). The van der Waals surface area contributed by atoms with E-state index in [1.54, 1.807) is 0 Å². The number of aromatic amines is 1. The Balaban J connectivity index is 2.44. The molecule has 5 nitrogen and oxygen atoms in total. The zero-order chi connectivity index (χ0) is 13.3. The first kappa shape index (κ1) is 12.2. The van der Waals surface area contributed by atoms with Crippen LogP contribution in [0.1, 0.15) is 27.8 Å².